The van der Waals surface area contributed by atoms with Gasteiger partial charge in [0, 0.05) is 42.8 Å². The molecule has 4 rings (SSSR count). The molecule has 1 saturated heterocycles. The maximum Gasteiger partial charge on any atom is 0.256 e. The van der Waals surface area contributed by atoms with Gasteiger partial charge in [-0.1, -0.05) is 52.3 Å². The van der Waals surface area contributed by atoms with E-state index in [1.54, 1.807) is 0 Å². The molecule has 150 valence electrons. The Kier molecular flexibility index (Phi) is 6.13. The highest BCUT2D eigenvalue weighted by Gasteiger charge is 2.20. The van der Waals surface area contributed by atoms with Crippen molar-refractivity contribution < 1.29 is 9.90 Å². The summed E-state index contributed by atoms with van der Waals surface area (Å²) in [6, 6.07) is 19.7. The SMILES string of the molecule is O=C(Nc1cc(Br)ccc1N1CCN(CCO)CC1)c1cccc2ccccc12. The van der Waals surface area contributed by atoms with E-state index < -0.39 is 0 Å². The zero-order valence-corrected chi connectivity index (χ0v) is 17.7. The molecule has 0 aliphatic carbocycles. The van der Waals surface area contributed by atoms with Crippen molar-refractivity contribution in [2.45, 2.75) is 0 Å². The van der Waals surface area contributed by atoms with Gasteiger partial charge in [0.2, 0.25) is 0 Å². The maximum absolute atomic E-state index is 13.1. The number of nitrogens with zero attached hydrogens (tertiary/aromatic N) is 2. The number of carbonyl (C=O) groups excluding carboxylic acids is 1. The van der Waals surface area contributed by atoms with Crippen molar-refractivity contribution in [3.05, 3.63) is 70.7 Å². The van der Waals surface area contributed by atoms with Crippen molar-refractivity contribution in [3.8, 4) is 0 Å². The van der Waals surface area contributed by atoms with Gasteiger partial charge in [0.1, 0.15) is 0 Å². The molecular formula is C23H24BrN3O2. The van der Waals surface area contributed by atoms with Crippen LogP contribution in [0, 0.1) is 0 Å². The van der Waals surface area contributed by atoms with Crippen LogP contribution in [0.25, 0.3) is 10.8 Å². The second-order valence-electron chi connectivity index (χ2n) is 7.19. The lowest BCUT2D eigenvalue weighted by atomic mass is 10.0. The molecule has 0 saturated carbocycles. The van der Waals surface area contributed by atoms with Crippen LogP contribution in [0.3, 0.4) is 0 Å². The average molecular weight is 454 g/mol. The Morgan fingerprint density at radius 1 is 1.00 bits per heavy atom. The number of aliphatic hydroxyl groups is 1. The fourth-order valence-corrected chi connectivity index (χ4v) is 4.21. The molecule has 0 unspecified atom stereocenters. The highest BCUT2D eigenvalue weighted by molar-refractivity contribution is 9.10. The van der Waals surface area contributed by atoms with Gasteiger partial charge in [0.25, 0.3) is 5.91 Å². The summed E-state index contributed by atoms with van der Waals surface area (Å²) in [6.45, 7) is 4.40. The summed E-state index contributed by atoms with van der Waals surface area (Å²) in [5.41, 5.74) is 2.49. The van der Waals surface area contributed by atoms with E-state index in [1.165, 1.54) is 0 Å². The van der Waals surface area contributed by atoms with Crippen LogP contribution in [0.15, 0.2) is 65.1 Å². The molecule has 3 aromatic carbocycles. The Morgan fingerprint density at radius 2 is 1.76 bits per heavy atom. The number of carbonyl (C=O) groups is 1. The van der Waals surface area contributed by atoms with E-state index in [2.05, 4.69) is 31.0 Å². The number of hydrogen-bond donors (Lipinski definition) is 2. The third kappa shape index (κ3) is 4.45. The molecular weight excluding hydrogens is 430 g/mol. The number of piperazine rings is 1. The van der Waals surface area contributed by atoms with Crippen molar-refractivity contribution in [1.82, 2.24) is 4.90 Å². The van der Waals surface area contributed by atoms with Crippen LogP contribution in [0.2, 0.25) is 0 Å². The van der Waals surface area contributed by atoms with E-state index in [-0.39, 0.29) is 12.5 Å². The number of aliphatic hydroxyl groups excluding tert-OH is 1. The van der Waals surface area contributed by atoms with Gasteiger partial charge in [-0.25, -0.2) is 0 Å². The Labute approximate surface area is 179 Å². The van der Waals surface area contributed by atoms with E-state index >= 15 is 0 Å². The first-order valence-electron chi connectivity index (χ1n) is 9.82. The monoisotopic (exact) mass is 453 g/mol. The van der Waals surface area contributed by atoms with E-state index in [4.69, 9.17) is 5.11 Å². The molecule has 1 aliphatic heterocycles. The van der Waals surface area contributed by atoms with Crippen molar-refractivity contribution in [3.63, 3.8) is 0 Å². The van der Waals surface area contributed by atoms with E-state index in [0.717, 1.165) is 52.8 Å². The van der Waals surface area contributed by atoms with Crippen LogP contribution >= 0.6 is 15.9 Å². The van der Waals surface area contributed by atoms with Gasteiger partial charge in [-0.2, -0.15) is 0 Å². The zero-order chi connectivity index (χ0) is 20.2. The van der Waals surface area contributed by atoms with Gasteiger partial charge >= 0.3 is 0 Å². The van der Waals surface area contributed by atoms with Gasteiger partial charge in [-0.3, -0.25) is 9.69 Å². The average Bonchev–Trinajstić information content (AvgIpc) is 2.74. The summed E-state index contributed by atoms with van der Waals surface area (Å²) in [5.74, 6) is -0.111. The Balaban J connectivity index is 1.59. The maximum atomic E-state index is 13.1. The molecule has 5 nitrogen and oxygen atoms in total. The second-order valence-corrected chi connectivity index (χ2v) is 8.11. The summed E-state index contributed by atoms with van der Waals surface area (Å²) >= 11 is 3.53. The van der Waals surface area contributed by atoms with Crippen LogP contribution in [-0.4, -0.2) is 55.2 Å². The minimum Gasteiger partial charge on any atom is -0.395 e. The van der Waals surface area contributed by atoms with Crippen LogP contribution in [0.5, 0.6) is 0 Å². The predicted octanol–water partition coefficient (Wildman–Crippen LogP) is 3.97. The smallest absolute Gasteiger partial charge is 0.256 e. The van der Waals surface area contributed by atoms with Crippen molar-refractivity contribution in [2.75, 3.05) is 49.5 Å². The van der Waals surface area contributed by atoms with Crippen LogP contribution < -0.4 is 10.2 Å². The normalized spacial score (nSPS) is 14.9. The first-order chi connectivity index (χ1) is 14.2. The number of β-amino-alcohol motifs (C(OH)–C–C–N with tert-alkyl or cyclic N) is 1. The number of fused-ring (bicyclic) bond motifs is 1. The molecule has 2 N–H and O–H groups in total. The summed E-state index contributed by atoms with van der Waals surface area (Å²) in [5, 5.41) is 14.3. The Morgan fingerprint density at radius 3 is 2.55 bits per heavy atom. The molecule has 3 aromatic rings. The molecule has 1 aliphatic rings. The van der Waals surface area contributed by atoms with E-state index in [1.807, 2.05) is 60.7 Å². The fourth-order valence-electron chi connectivity index (χ4n) is 3.85. The summed E-state index contributed by atoms with van der Waals surface area (Å²) in [6.07, 6.45) is 0. The molecule has 0 aromatic heterocycles. The topological polar surface area (TPSA) is 55.8 Å². The number of hydrogen-bond acceptors (Lipinski definition) is 4. The summed E-state index contributed by atoms with van der Waals surface area (Å²) in [7, 11) is 0. The van der Waals surface area contributed by atoms with Crippen LogP contribution in [0.1, 0.15) is 10.4 Å². The Bertz CT molecular complexity index is 1010. The van der Waals surface area contributed by atoms with Crippen molar-refractivity contribution in [1.29, 1.82) is 0 Å². The van der Waals surface area contributed by atoms with Crippen molar-refractivity contribution in [2.24, 2.45) is 0 Å². The molecule has 0 bridgehead atoms. The second kappa shape index (κ2) is 8.95. The van der Waals surface area contributed by atoms with E-state index in [9.17, 15) is 4.79 Å². The lowest BCUT2D eigenvalue weighted by Crippen LogP contribution is -2.47. The Hall–Kier alpha value is -2.41. The largest absolute Gasteiger partial charge is 0.395 e. The fraction of sp³-hybridized carbons (Fsp3) is 0.261. The highest BCUT2D eigenvalue weighted by Crippen LogP contribution is 2.31. The molecule has 0 radical (unpaired) electrons. The first-order valence-corrected chi connectivity index (χ1v) is 10.6. The van der Waals surface area contributed by atoms with Gasteiger partial charge in [-0.05, 0) is 35.0 Å². The third-order valence-corrected chi connectivity index (χ3v) is 5.86. The predicted molar refractivity (Wildman–Crippen MR) is 122 cm³/mol. The molecule has 6 heteroatoms. The number of halogens is 1. The standard InChI is InChI=1S/C23H24BrN3O2/c24-18-8-9-22(27-12-10-26(11-13-27)14-15-28)21(16-18)25-23(29)20-7-3-5-17-4-1-2-6-19(17)20/h1-9,16,28H,10-15H2,(H,25,29). The van der Waals surface area contributed by atoms with Gasteiger partial charge in [0.15, 0.2) is 0 Å². The number of anilines is 2. The number of benzene rings is 3. The molecule has 1 heterocycles. The minimum absolute atomic E-state index is 0.111. The summed E-state index contributed by atoms with van der Waals surface area (Å²) in [4.78, 5) is 17.7. The number of rotatable bonds is 5. The lowest BCUT2D eigenvalue weighted by Gasteiger charge is -2.36. The molecule has 1 fully saturated rings. The molecule has 1 amide bonds. The third-order valence-electron chi connectivity index (χ3n) is 5.37. The van der Waals surface area contributed by atoms with Crippen molar-refractivity contribution >= 4 is 44.0 Å². The highest BCUT2D eigenvalue weighted by atomic mass is 79.9. The summed E-state index contributed by atoms with van der Waals surface area (Å²) < 4.78 is 0.924. The van der Waals surface area contributed by atoms with Crippen LogP contribution in [0.4, 0.5) is 11.4 Å². The first kappa shape index (κ1) is 19.9. The number of nitrogens with one attached hydrogen (secondary N) is 1. The molecule has 0 atom stereocenters. The molecule has 0 spiro atoms. The quantitative estimate of drug-likeness (QED) is 0.613. The number of amides is 1. The lowest BCUT2D eigenvalue weighted by molar-refractivity contribution is 0.102. The van der Waals surface area contributed by atoms with Gasteiger partial charge < -0.3 is 15.3 Å². The van der Waals surface area contributed by atoms with Gasteiger partial charge in [0.05, 0.1) is 18.0 Å². The minimum atomic E-state index is -0.111. The van der Waals surface area contributed by atoms with Gasteiger partial charge in [-0.15, -0.1) is 0 Å². The zero-order valence-electron chi connectivity index (χ0n) is 16.1. The molecule has 29 heavy (non-hydrogen) atoms. The van der Waals surface area contributed by atoms with Crippen LogP contribution in [-0.2, 0) is 0 Å². The van der Waals surface area contributed by atoms with E-state index in [0.29, 0.717) is 12.1 Å².